The Morgan fingerprint density at radius 3 is 2.67 bits per heavy atom. The lowest BCUT2D eigenvalue weighted by Crippen LogP contribution is -2.20. The SMILES string of the molecule is CCOCC(C)OC(=O)c1cc(N)c(Cl)c(Cl)c1. The largest absolute Gasteiger partial charge is 0.457 e. The van der Waals surface area contributed by atoms with Crippen LogP contribution >= 0.6 is 23.2 Å². The third-order valence-electron chi connectivity index (χ3n) is 2.16. The molecule has 18 heavy (non-hydrogen) atoms. The van der Waals surface area contributed by atoms with Crippen LogP contribution in [0, 0.1) is 0 Å². The Kier molecular flexibility index (Phi) is 5.72. The second-order valence-corrected chi connectivity index (χ2v) is 4.52. The monoisotopic (exact) mass is 291 g/mol. The molecule has 100 valence electrons. The molecule has 2 N–H and O–H groups in total. The van der Waals surface area contributed by atoms with Crippen LogP contribution in [0.25, 0.3) is 0 Å². The van der Waals surface area contributed by atoms with Crippen molar-refractivity contribution in [2.75, 3.05) is 18.9 Å². The average molecular weight is 292 g/mol. The molecule has 0 bridgehead atoms. The van der Waals surface area contributed by atoms with Gasteiger partial charge in [-0.15, -0.1) is 0 Å². The van der Waals surface area contributed by atoms with Crippen molar-refractivity contribution >= 4 is 34.9 Å². The number of hydrogen-bond donors (Lipinski definition) is 1. The fraction of sp³-hybridized carbons (Fsp3) is 0.417. The lowest BCUT2D eigenvalue weighted by molar-refractivity contribution is 0.00440. The summed E-state index contributed by atoms with van der Waals surface area (Å²) in [5.74, 6) is -0.507. The highest BCUT2D eigenvalue weighted by atomic mass is 35.5. The zero-order chi connectivity index (χ0) is 13.7. The molecular weight excluding hydrogens is 277 g/mol. The number of anilines is 1. The molecule has 1 rings (SSSR count). The molecule has 0 aliphatic rings. The zero-order valence-electron chi connectivity index (χ0n) is 10.2. The molecule has 6 heteroatoms. The molecule has 1 unspecified atom stereocenters. The van der Waals surface area contributed by atoms with E-state index in [-0.39, 0.29) is 27.4 Å². The molecule has 0 aliphatic heterocycles. The lowest BCUT2D eigenvalue weighted by Gasteiger charge is -2.13. The molecule has 4 nitrogen and oxygen atoms in total. The number of benzene rings is 1. The van der Waals surface area contributed by atoms with Crippen LogP contribution < -0.4 is 5.73 Å². The maximum Gasteiger partial charge on any atom is 0.338 e. The summed E-state index contributed by atoms with van der Waals surface area (Å²) >= 11 is 11.6. The lowest BCUT2D eigenvalue weighted by atomic mass is 10.2. The van der Waals surface area contributed by atoms with Gasteiger partial charge in [-0.25, -0.2) is 4.79 Å². The molecule has 0 aliphatic carbocycles. The molecule has 1 aromatic carbocycles. The summed E-state index contributed by atoms with van der Waals surface area (Å²) in [6, 6.07) is 2.86. The molecule has 0 aromatic heterocycles. The van der Waals surface area contributed by atoms with Gasteiger partial charge in [0.05, 0.1) is 27.9 Å². The molecule has 1 atom stereocenters. The Morgan fingerprint density at radius 2 is 2.11 bits per heavy atom. The van der Waals surface area contributed by atoms with E-state index in [2.05, 4.69) is 0 Å². The zero-order valence-corrected chi connectivity index (χ0v) is 11.7. The highest BCUT2D eigenvalue weighted by Crippen LogP contribution is 2.29. The molecule has 0 saturated heterocycles. The Labute approximate surface area is 116 Å². The number of rotatable bonds is 5. The molecule has 0 radical (unpaired) electrons. The smallest absolute Gasteiger partial charge is 0.338 e. The summed E-state index contributed by atoms with van der Waals surface area (Å²) in [7, 11) is 0. The van der Waals surface area contributed by atoms with E-state index in [0.717, 1.165) is 0 Å². The summed E-state index contributed by atoms with van der Waals surface area (Å²) in [6.07, 6.45) is -0.340. The van der Waals surface area contributed by atoms with Crippen LogP contribution in [0.15, 0.2) is 12.1 Å². The van der Waals surface area contributed by atoms with Crippen molar-refractivity contribution in [3.8, 4) is 0 Å². The first-order chi connectivity index (χ1) is 8.45. The summed E-state index contributed by atoms with van der Waals surface area (Å²) in [6.45, 7) is 4.53. The Bertz CT molecular complexity index is 414. The van der Waals surface area contributed by atoms with Gasteiger partial charge >= 0.3 is 5.97 Å². The number of esters is 1. The van der Waals surface area contributed by atoms with Crippen LogP contribution in [-0.2, 0) is 9.47 Å². The Balaban J connectivity index is 2.73. The summed E-state index contributed by atoms with van der Waals surface area (Å²) < 4.78 is 10.3. The van der Waals surface area contributed by atoms with Crippen LogP contribution in [-0.4, -0.2) is 25.3 Å². The van der Waals surface area contributed by atoms with E-state index in [0.29, 0.717) is 13.2 Å². The molecule has 0 saturated carbocycles. The second-order valence-electron chi connectivity index (χ2n) is 3.74. The average Bonchev–Trinajstić information content (AvgIpc) is 2.32. The molecular formula is C12H15Cl2NO3. The van der Waals surface area contributed by atoms with Crippen molar-refractivity contribution in [1.82, 2.24) is 0 Å². The van der Waals surface area contributed by atoms with Gasteiger partial charge in [-0.2, -0.15) is 0 Å². The van der Waals surface area contributed by atoms with Gasteiger partial charge in [0.25, 0.3) is 0 Å². The van der Waals surface area contributed by atoms with Crippen LogP contribution in [0.2, 0.25) is 10.0 Å². The molecule has 0 heterocycles. The van der Waals surface area contributed by atoms with Gasteiger partial charge in [0.1, 0.15) is 6.10 Å². The van der Waals surface area contributed by atoms with E-state index in [1.54, 1.807) is 6.92 Å². The van der Waals surface area contributed by atoms with Gasteiger partial charge < -0.3 is 15.2 Å². The number of ether oxygens (including phenoxy) is 2. The summed E-state index contributed by atoms with van der Waals surface area (Å²) in [5, 5.41) is 0.455. The van der Waals surface area contributed by atoms with Gasteiger partial charge in [-0.05, 0) is 26.0 Å². The minimum atomic E-state index is -0.507. The van der Waals surface area contributed by atoms with Crippen molar-refractivity contribution in [3.63, 3.8) is 0 Å². The third kappa shape index (κ3) is 4.05. The van der Waals surface area contributed by atoms with Gasteiger partial charge in [0, 0.05) is 6.61 Å². The number of carbonyl (C=O) groups excluding carboxylic acids is 1. The van der Waals surface area contributed by atoms with E-state index in [1.807, 2.05) is 6.92 Å². The van der Waals surface area contributed by atoms with Crippen LogP contribution in [0.5, 0.6) is 0 Å². The molecule has 0 amide bonds. The number of nitrogens with two attached hydrogens (primary N) is 1. The number of carbonyl (C=O) groups is 1. The van der Waals surface area contributed by atoms with Crippen molar-refractivity contribution in [1.29, 1.82) is 0 Å². The summed E-state index contributed by atoms with van der Waals surface area (Å²) in [4.78, 5) is 11.8. The van der Waals surface area contributed by atoms with E-state index < -0.39 is 5.97 Å². The van der Waals surface area contributed by atoms with Gasteiger partial charge in [-0.3, -0.25) is 0 Å². The van der Waals surface area contributed by atoms with E-state index >= 15 is 0 Å². The molecule has 0 fully saturated rings. The van der Waals surface area contributed by atoms with E-state index in [4.69, 9.17) is 38.4 Å². The third-order valence-corrected chi connectivity index (χ3v) is 2.97. The second kappa shape index (κ2) is 6.83. The number of nitrogen functional groups attached to an aromatic ring is 1. The quantitative estimate of drug-likeness (QED) is 0.669. The van der Waals surface area contributed by atoms with Crippen molar-refractivity contribution in [2.24, 2.45) is 0 Å². The van der Waals surface area contributed by atoms with Crippen molar-refractivity contribution in [2.45, 2.75) is 20.0 Å². The maximum atomic E-state index is 11.8. The number of halogens is 2. The van der Waals surface area contributed by atoms with E-state index in [1.165, 1.54) is 12.1 Å². The first-order valence-corrected chi connectivity index (χ1v) is 6.24. The van der Waals surface area contributed by atoms with Gasteiger partial charge in [-0.1, -0.05) is 23.2 Å². The van der Waals surface area contributed by atoms with Crippen molar-refractivity contribution < 1.29 is 14.3 Å². The highest BCUT2D eigenvalue weighted by Gasteiger charge is 2.15. The standard InChI is InChI=1S/C12H15Cl2NO3/c1-3-17-6-7(2)18-12(16)8-4-9(13)11(14)10(15)5-8/h4-5,7H,3,6,15H2,1-2H3. The minimum absolute atomic E-state index is 0.223. The van der Waals surface area contributed by atoms with Crippen LogP contribution in [0.1, 0.15) is 24.2 Å². The fourth-order valence-corrected chi connectivity index (χ4v) is 1.63. The highest BCUT2D eigenvalue weighted by molar-refractivity contribution is 6.43. The predicted molar refractivity (Wildman–Crippen MR) is 72.2 cm³/mol. The van der Waals surface area contributed by atoms with Gasteiger partial charge in [0.2, 0.25) is 0 Å². The van der Waals surface area contributed by atoms with Crippen LogP contribution in [0.4, 0.5) is 5.69 Å². The maximum absolute atomic E-state index is 11.8. The first kappa shape index (κ1) is 15.1. The fourth-order valence-electron chi connectivity index (χ4n) is 1.30. The summed E-state index contributed by atoms with van der Waals surface area (Å²) in [5.41, 5.74) is 6.13. The predicted octanol–water partition coefficient (Wildman–Crippen LogP) is 3.16. The topological polar surface area (TPSA) is 61.5 Å². The van der Waals surface area contributed by atoms with Crippen LogP contribution in [0.3, 0.4) is 0 Å². The number of hydrogen-bond acceptors (Lipinski definition) is 4. The Hall–Kier alpha value is -0.970. The van der Waals surface area contributed by atoms with E-state index in [9.17, 15) is 4.79 Å². The Morgan fingerprint density at radius 1 is 1.44 bits per heavy atom. The first-order valence-electron chi connectivity index (χ1n) is 5.49. The molecule has 0 spiro atoms. The molecule has 1 aromatic rings. The van der Waals surface area contributed by atoms with Crippen molar-refractivity contribution in [3.05, 3.63) is 27.7 Å². The van der Waals surface area contributed by atoms with Gasteiger partial charge in [0.15, 0.2) is 0 Å². The normalized spacial score (nSPS) is 12.2. The minimum Gasteiger partial charge on any atom is -0.457 e.